The molecule has 0 aliphatic rings. The normalized spacial score (nSPS) is 12.7. The van der Waals surface area contributed by atoms with Crippen molar-refractivity contribution in [1.82, 2.24) is 10.2 Å². The molecule has 0 aliphatic carbocycles. The summed E-state index contributed by atoms with van der Waals surface area (Å²) in [5.41, 5.74) is 5.30. The summed E-state index contributed by atoms with van der Waals surface area (Å²) in [4.78, 5) is 39.8. The number of nitrogens with zero attached hydrogens (tertiary/aromatic N) is 1. The number of primary amides is 1. The third-order valence-corrected chi connectivity index (χ3v) is 6.45. The molecule has 0 spiro atoms. The van der Waals surface area contributed by atoms with Crippen LogP contribution in [0.5, 0.6) is 0 Å². The highest BCUT2D eigenvalue weighted by Gasteiger charge is 2.30. The summed E-state index contributed by atoms with van der Waals surface area (Å²) in [6.07, 6.45) is -0.705. The van der Waals surface area contributed by atoms with Gasteiger partial charge < -0.3 is 34.9 Å². The first kappa shape index (κ1) is 31.9. The molecular weight excluding hydrogens is 522 g/mol. The van der Waals surface area contributed by atoms with E-state index >= 15 is 0 Å². The van der Waals surface area contributed by atoms with Gasteiger partial charge in [-0.15, -0.1) is 11.3 Å². The molecule has 11 heteroatoms. The lowest BCUT2D eigenvalue weighted by Gasteiger charge is -2.31. The molecule has 1 aromatic carbocycles. The van der Waals surface area contributed by atoms with E-state index in [1.807, 2.05) is 47.8 Å². The van der Waals surface area contributed by atoms with E-state index in [1.165, 1.54) is 0 Å². The average Bonchev–Trinajstić information content (AvgIpc) is 3.38. The molecule has 1 heterocycles. The Labute approximate surface area is 234 Å². The monoisotopic (exact) mass is 563 g/mol. The van der Waals surface area contributed by atoms with Crippen LogP contribution in [0, 0.1) is 0 Å². The van der Waals surface area contributed by atoms with Gasteiger partial charge in [0.05, 0.1) is 25.8 Å². The molecular formula is C28H41N3O7S. The number of nitrogens with one attached hydrogen (secondary N) is 1. The Kier molecular flexibility index (Phi) is 13.6. The minimum absolute atomic E-state index is 0.156. The lowest BCUT2D eigenvalue weighted by molar-refractivity contribution is 0.0219. The third kappa shape index (κ3) is 13.4. The van der Waals surface area contributed by atoms with Gasteiger partial charge in [0.15, 0.2) is 0 Å². The zero-order valence-corrected chi connectivity index (χ0v) is 24.0. The highest BCUT2D eigenvalue weighted by Crippen LogP contribution is 2.19. The number of ether oxygens (including phenoxy) is 4. The molecule has 10 nitrogen and oxygen atoms in total. The first-order valence-corrected chi connectivity index (χ1v) is 13.9. The number of unbranched alkanes of at least 4 members (excludes halogenated alkanes) is 1. The largest absolute Gasteiger partial charge is 0.450 e. The van der Waals surface area contributed by atoms with Gasteiger partial charge in [0.1, 0.15) is 11.7 Å². The summed E-state index contributed by atoms with van der Waals surface area (Å²) in [5.74, 6) is 0. The van der Waals surface area contributed by atoms with Crippen molar-refractivity contribution in [3.05, 3.63) is 58.3 Å². The Bertz CT molecular complexity index is 996. The van der Waals surface area contributed by atoms with E-state index in [0.29, 0.717) is 45.4 Å². The van der Waals surface area contributed by atoms with Crippen LogP contribution >= 0.6 is 11.3 Å². The fourth-order valence-corrected chi connectivity index (χ4v) is 4.51. The van der Waals surface area contributed by atoms with Gasteiger partial charge in [-0.2, -0.15) is 0 Å². The molecule has 3 N–H and O–H groups in total. The van der Waals surface area contributed by atoms with Crippen LogP contribution in [0.2, 0.25) is 0 Å². The van der Waals surface area contributed by atoms with E-state index in [4.69, 9.17) is 24.7 Å². The number of carbonyl (C=O) groups excluding carboxylic acids is 3. The smallest absolute Gasteiger partial charge is 0.410 e. The first-order valence-electron chi connectivity index (χ1n) is 13.0. The van der Waals surface area contributed by atoms with Crippen molar-refractivity contribution >= 4 is 29.6 Å². The lowest BCUT2D eigenvalue weighted by atomic mass is 9.97. The lowest BCUT2D eigenvalue weighted by Crippen LogP contribution is -2.49. The Morgan fingerprint density at radius 1 is 1.05 bits per heavy atom. The average molecular weight is 564 g/mol. The second kappa shape index (κ2) is 16.6. The number of thiophene rings is 1. The molecule has 216 valence electrons. The van der Waals surface area contributed by atoms with E-state index in [9.17, 15) is 14.4 Å². The van der Waals surface area contributed by atoms with Gasteiger partial charge in [0.25, 0.3) is 0 Å². The molecule has 1 aromatic heterocycles. The molecule has 0 aliphatic heterocycles. The molecule has 0 saturated carbocycles. The van der Waals surface area contributed by atoms with E-state index < -0.39 is 36.0 Å². The minimum Gasteiger partial charge on any atom is -0.450 e. The molecule has 2 aromatic rings. The zero-order chi connectivity index (χ0) is 28.7. The number of amides is 3. The Morgan fingerprint density at radius 2 is 1.79 bits per heavy atom. The van der Waals surface area contributed by atoms with Crippen LogP contribution in [0.3, 0.4) is 0 Å². The second-order valence-corrected chi connectivity index (χ2v) is 11.1. The standard InChI is InChI=1S/C28H41N3O7S/c1-28(2,3)38-26(33)30-23(14-8-9-16-36-25(29)32)24(19-21-11-6-5-7-12-21)37-27(34)31(15-17-35-4)20-22-13-10-18-39-22/h5-7,10-13,18,23-24H,8-9,14-17,19-20H2,1-4H3,(H2,29,32)(H,30,33). The quantitative estimate of drug-likeness (QED) is 0.228. The molecule has 0 bridgehead atoms. The highest BCUT2D eigenvalue weighted by molar-refractivity contribution is 7.09. The van der Waals surface area contributed by atoms with Crippen LogP contribution in [-0.2, 0) is 31.9 Å². The van der Waals surface area contributed by atoms with Crippen molar-refractivity contribution in [3.8, 4) is 0 Å². The Hall–Kier alpha value is -3.31. The molecule has 0 radical (unpaired) electrons. The van der Waals surface area contributed by atoms with Gasteiger partial charge in [0.2, 0.25) is 0 Å². The molecule has 3 amide bonds. The number of carbonyl (C=O) groups is 3. The summed E-state index contributed by atoms with van der Waals surface area (Å²) in [5, 5.41) is 4.87. The van der Waals surface area contributed by atoms with E-state index in [-0.39, 0.29) is 6.61 Å². The van der Waals surface area contributed by atoms with Crippen LogP contribution < -0.4 is 11.1 Å². The van der Waals surface area contributed by atoms with Crippen LogP contribution in [0.25, 0.3) is 0 Å². The van der Waals surface area contributed by atoms with Crippen molar-refractivity contribution in [2.24, 2.45) is 5.73 Å². The topological polar surface area (TPSA) is 129 Å². The number of alkyl carbamates (subject to hydrolysis) is 1. The maximum Gasteiger partial charge on any atom is 0.410 e. The first-order chi connectivity index (χ1) is 18.6. The Morgan fingerprint density at radius 3 is 2.41 bits per heavy atom. The van der Waals surface area contributed by atoms with Crippen molar-refractivity contribution in [1.29, 1.82) is 0 Å². The van der Waals surface area contributed by atoms with Crippen molar-refractivity contribution in [3.63, 3.8) is 0 Å². The SMILES string of the molecule is COCCN(Cc1cccs1)C(=O)OC(Cc1ccccc1)C(CCCCOC(N)=O)NC(=O)OC(C)(C)C. The van der Waals surface area contributed by atoms with E-state index in [0.717, 1.165) is 10.4 Å². The van der Waals surface area contributed by atoms with Crippen molar-refractivity contribution in [2.45, 2.75) is 70.7 Å². The predicted octanol–water partition coefficient (Wildman–Crippen LogP) is 5.10. The van der Waals surface area contributed by atoms with Crippen LogP contribution in [0.15, 0.2) is 47.8 Å². The molecule has 0 fully saturated rings. The summed E-state index contributed by atoms with van der Waals surface area (Å²) < 4.78 is 21.7. The van der Waals surface area contributed by atoms with Crippen LogP contribution in [0.1, 0.15) is 50.5 Å². The van der Waals surface area contributed by atoms with Gasteiger partial charge in [-0.05, 0) is 57.0 Å². The molecule has 2 atom stereocenters. The maximum atomic E-state index is 13.5. The number of benzene rings is 1. The van der Waals surface area contributed by atoms with E-state index in [1.54, 1.807) is 44.1 Å². The summed E-state index contributed by atoms with van der Waals surface area (Å²) in [7, 11) is 1.58. The van der Waals surface area contributed by atoms with Gasteiger partial charge in [-0.1, -0.05) is 36.4 Å². The van der Waals surface area contributed by atoms with Gasteiger partial charge in [-0.25, -0.2) is 14.4 Å². The highest BCUT2D eigenvalue weighted by atomic mass is 32.1. The van der Waals surface area contributed by atoms with E-state index in [2.05, 4.69) is 5.32 Å². The van der Waals surface area contributed by atoms with Crippen LogP contribution in [0.4, 0.5) is 14.4 Å². The predicted molar refractivity (Wildman–Crippen MR) is 150 cm³/mol. The number of rotatable bonds is 15. The second-order valence-electron chi connectivity index (χ2n) is 10.0. The maximum absolute atomic E-state index is 13.5. The number of hydrogen-bond donors (Lipinski definition) is 2. The third-order valence-electron chi connectivity index (χ3n) is 5.59. The number of hydrogen-bond acceptors (Lipinski definition) is 8. The number of nitrogens with two attached hydrogens (primary N) is 1. The zero-order valence-electron chi connectivity index (χ0n) is 23.2. The van der Waals surface area contributed by atoms with Crippen molar-refractivity contribution < 1.29 is 33.3 Å². The molecule has 0 saturated heterocycles. The summed E-state index contributed by atoms with van der Waals surface area (Å²) in [6, 6.07) is 12.9. The molecule has 39 heavy (non-hydrogen) atoms. The summed E-state index contributed by atoms with van der Waals surface area (Å²) >= 11 is 1.55. The Balaban J connectivity index is 2.26. The van der Waals surface area contributed by atoms with Gasteiger partial charge in [-0.3, -0.25) is 0 Å². The fraction of sp³-hybridized carbons (Fsp3) is 0.536. The van der Waals surface area contributed by atoms with Crippen LogP contribution in [-0.4, -0.2) is 67.8 Å². The fourth-order valence-electron chi connectivity index (χ4n) is 3.79. The van der Waals surface area contributed by atoms with Gasteiger partial charge >= 0.3 is 18.3 Å². The van der Waals surface area contributed by atoms with Crippen molar-refractivity contribution in [2.75, 3.05) is 26.9 Å². The summed E-state index contributed by atoms with van der Waals surface area (Å²) in [6.45, 7) is 6.58. The van der Waals surface area contributed by atoms with Gasteiger partial charge in [0, 0.05) is 25.0 Å². The molecule has 2 unspecified atom stereocenters. The minimum atomic E-state index is -0.837. The number of methoxy groups -OCH3 is 1. The molecule has 2 rings (SSSR count).